The number of para-hydroxylation sites is 1. The number of nitrogens with one attached hydrogen (secondary N) is 1. The van der Waals surface area contributed by atoms with Gasteiger partial charge in [0.15, 0.2) is 0 Å². The quantitative estimate of drug-likeness (QED) is 0.813. The number of carbonyl (C=O) groups excluding carboxylic acids is 2. The van der Waals surface area contributed by atoms with Gasteiger partial charge in [-0.25, -0.2) is 0 Å². The van der Waals surface area contributed by atoms with E-state index in [4.69, 9.17) is 9.47 Å². The van der Waals surface area contributed by atoms with Gasteiger partial charge >= 0.3 is 0 Å². The second-order valence-electron chi connectivity index (χ2n) is 6.26. The molecule has 2 aromatic carbocycles. The minimum Gasteiger partial charge on any atom is -0.476 e. The van der Waals surface area contributed by atoms with E-state index in [0.717, 1.165) is 5.56 Å². The highest BCUT2D eigenvalue weighted by atomic mass is 16.5. The summed E-state index contributed by atoms with van der Waals surface area (Å²) < 4.78 is 11.2. The minimum absolute atomic E-state index is 0.0267. The first-order valence-corrected chi connectivity index (χ1v) is 9.14. The van der Waals surface area contributed by atoms with Crippen molar-refractivity contribution in [3.05, 3.63) is 66.2 Å². The monoisotopic (exact) mass is 368 g/mol. The number of rotatable bonds is 7. The molecule has 0 bridgehead atoms. The van der Waals surface area contributed by atoms with Crippen LogP contribution in [0.4, 0.5) is 0 Å². The molecule has 2 aromatic rings. The van der Waals surface area contributed by atoms with Crippen LogP contribution in [-0.4, -0.2) is 49.6 Å². The largest absolute Gasteiger partial charge is 0.476 e. The molecule has 6 heteroatoms. The Morgan fingerprint density at radius 2 is 1.63 bits per heavy atom. The molecule has 1 aliphatic rings. The first-order valence-electron chi connectivity index (χ1n) is 9.14. The lowest BCUT2D eigenvalue weighted by atomic mass is 10.1. The second kappa shape index (κ2) is 9.73. The number of hydrogen-bond donors (Lipinski definition) is 1. The Kier molecular flexibility index (Phi) is 6.82. The number of hydrogen-bond acceptors (Lipinski definition) is 4. The van der Waals surface area contributed by atoms with Crippen molar-refractivity contribution in [2.75, 3.05) is 32.8 Å². The molecule has 142 valence electrons. The first kappa shape index (κ1) is 18.9. The van der Waals surface area contributed by atoms with Crippen molar-refractivity contribution in [3.63, 3.8) is 0 Å². The highest BCUT2D eigenvalue weighted by molar-refractivity contribution is 5.83. The zero-order valence-electron chi connectivity index (χ0n) is 15.2. The van der Waals surface area contributed by atoms with E-state index in [0.29, 0.717) is 32.1 Å². The summed E-state index contributed by atoms with van der Waals surface area (Å²) in [5.74, 6) is 0.379. The van der Waals surface area contributed by atoms with Gasteiger partial charge in [-0.2, -0.15) is 0 Å². The maximum Gasteiger partial charge on any atom is 0.265 e. The second-order valence-corrected chi connectivity index (χ2v) is 6.26. The average Bonchev–Trinajstić information content (AvgIpc) is 2.74. The number of amides is 2. The van der Waals surface area contributed by atoms with Gasteiger partial charge in [0.2, 0.25) is 12.0 Å². The molecule has 27 heavy (non-hydrogen) atoms. The fraction of sp³-hybridized carbons (Fsp3) is 0.333. The molecule has 6 nitrogen and oxygen atoms in total. The van der Waals surface area contributed by atoms with Crippen LogP contribution in [0.5, 0.6) is 5.75 Å². The van der Waals surface area contributed by atoms with Gasteiger partial charge < -0.3 is 19.7 Å². The highest BCUT2D eigenvalue weighted by Gasteiger charge is 2.23. The number of benzene rings is 2. The van der Waals surface area contributed by atoms with Crippen LogP contribution in [0.25, 0.3) is 0 Å². The summed E-state index contributed by atoms with van der Waals surface area (Å²) in [6.07, 6.45) is -0.509. The van der Waals surface area contributed by atoms with Crippen LogP contribution >= 0.6 is 0 Å². The van der Waals surface area contributed by atoms with Crippen molar-refractivity contribution in [1.82, 2.24) is 10.2 Å². The predicted molar refractivity (Wildman–Crippen MR) is 101 cm³/mol. The van der Waals surface area contributed by atoms with Gasteiger partial charge in [-0.05, 0) is 12.1 Å². The predicted octanol–water partition coefficient (Wildman–Crippen LogP) is 2.17. The summed E-state index contributed by atoms with van der Waals surface area (Å²) in [5, 5.41) is 2.83. The fourth-order valence-electron chi connectivity index (χ4n) is 2.89. The van der Waals surface area contributed by atoms with E-state index in [1.54, 1.807) is 4.90 Å². The molecule has 3 rings (SSSR count). The van der Waals surface area contributed by atoms with Crippen molar-refractivity contribution >= 4 is 11.8 Å². The van der Waals surface area contributed by atoms with Gasteiger partial charge in [-0.1, -0.05) is 48.5 Å². The summed E-state index contributed by atoms with van der Waals surface area (Å²) in [7, 11) is 0. The summed E-state index contributed by atoms with van der Waals surface area (Å²) in [6, 6.07) is 18.6. The molecular weight excluding hydrogens is 344 g/mol. The van der Waals surface area contributed by atoms with Crippen LogP contribution in [0.15, 0.2) is 60.7 Å². The Hall–Kier alpha value is -2.86. The Labute approximate surface area is 159 Å². The summed E-state index contributed by atoms with van der Waals surface area (Å²) in [4.78, 5) is 26.7. The maximum atomic E-state index is 12.7. The average molecular weight is 368 g/mol. The molecule has 0 saturated carbocycles. The van der Waals surface area contributed by atoms with Gasteiger partial charge in [0.1, 0.15) is 5.75 Å². The Balaban J connectivity index is 1.58. The van der Waals surface area contributed by atoms with Crippen LogP contribution in [-0.2, 0) is 14.3 Å². The molecule has 0 aromatic heterocycles. The van der Waals surface area contributed by atoms with Crippen LogP contribution in [0.1, 0.15) is 18.1 Å². The lowest BCUT2D eigenvalue weighted by Gasteiger charge is -2.27. The Morgan fingerprint density at radius 3 is 2.30 bits per heavy atom. The summed E-state index contributed by atoms with van der Waals surface area (Å²) in [5.41, 5.74) is 0.762. The maximum absolute atomic E-state index is 12.7. The third-order valence-corrected chi connectivity index (χ3v) is 4.34. The van der Waals surface area contributed by atoms with Crippen molar-refractivity contribution in [2.45, 2.75) is 12.5 Å². The van der Waals surface area contributed by atoms with Gasteiger partial charge in [0.25, 0.3) is 5.91 Å². The standard InChI is InChI=1S/C21H24N2O4/c24-19(23-13-15-26-16-14-23)11-12-22-21(25)20(17-7-3-1-4-8-17)27-18-9-5-2-6-10-18/h1-10,20H,11-16H2,(H,22,25). The number of ether oxygens (including phenoxy) is 2. The van der Waals surface area contributed by atoms with Crippen molar-refractivity contribution in [2.24, 2.45) is 0 Å². The number of carbonyl (C=O) groups is 2. The third-order valence-electron chi connectivity index (χ3n) is 4.34. The summed E-state index contributed by atoms with van der Waals surface area (Å²) >= 11 is 0. The molecule has 1 saturated heterocycles. The first-order chi connectivity index (χ1) is 13.2. The van der Waals surface area contributed by atoms with E-state index in [-0.39, 0.29) is 24.8 Å². The van der Waals surface area contributed by atoms with Gasteiger partial charge in [-0.15, -0.1) is 0 Å². The van der Waals surface area contributed by atoms with Crippen molar-refractivity contribution < 1.29 is 19.1 Å². The molecule has 1 aliphatic heterocycles. The normalized spacial score (nSPS) is 15.0. The fourth-order valence-corrected chi connectivity index (χ4v) is 2.89. The number of nitrogens with zero attached hydrogens (tertiary/aromatic N) is 1. The third kappa shape index (κ3) is 5.56. The van der Waals surface area contributed by atoms with Crippen molar-refractivity contribution in [1.29, 1.82) is 0 Å². The van der Waals surface area contributed by atoms with E-state index in [1.807, 2.05) is 60.7 Å². The zero-order chi connectivity index (χ0) is 18.9. The molecule has 0 spiro atoms. The van der Waals surface area contributed by atoms with Crippen molar-refractivity contribution in [3.8, 4) is 5.75 Å². The number of morpholine rings is 1. The SMILES string of the molecule is O=C(NCCC(=O)N1CCOCC1)C(Oc1ccccc1)c1ccccc1. The van der Waals surface area contributed by atoms with Gasteiger partial charge in [0, 0.05) is 31.6 Å². The smallest absolute Gasteiger partial charge is 0.265 e. The van der Waals surface area contributed by atoms with Crippen LogP contribution in [0.3, 0.4) is 0 Å². The minimum atomic E-state index is -0.771. The molecule has 1 unspecified atom stereocenters. The van der Waals surface area contributed by atoms with E-state index < -0.39 is 6.10 Å². The van der Waals surface area contributed by atoms with Crippen LogP contribution in [0.2, 0.25) is 0 Å². The molecule has 1 heterocycles. The van der Waals surface area contributed by atoms with E-state index in [9.17, 15) is 9.59 Å². The van der Waals surface area contributed by atoms with Gasteiger partial charge in [-0.3, -0.25) is 9.59 Å². The molecule has 1 atom stereocenters. The summed E-state index contributed by atoms with van der Waals surface area (Å²) in [6.45, 7) is 2.63. The van der Waals surface area contributed by atoms with E-state index in [1.165, 1.54) is 0 Å². The highest BCUT2D eigenvalue weighted by Crippen LogP contribution is 2.22. The molecule has 1 N–H and O–H groups in total. The van der Waals surface area contributed by atoms with E-state index >= 15 is 0 Å². The van der Waals surface area contributed by atoms with Crippen LogP contribution in [0, 0.1) is 0 Å². The lowest BCUT2D eigenvalue weighted by Crippen LogP contribution is -2.42. The molecule has 1 fully saturated rings. The molecule has 0 radical (unpaired) electrons. The Morgan fingerprint density at radius 1 is 1.00 bits per heavy atom. The molecule has 0 aliphatic carbocycles. The topological polar surface area (TPSA) is 67.9 Å². The van der Waals surface area contributed by atoms with E-state index in [2.05, 4.69) is 5.32 Å². The van der Waals surface area contributed by atoms with Crippen LogP contribution < -0.4 is 10.1 Å². The molecular formula is C21H24N2O4. The lowest BCUT2D eigenvalue weighted by molar-refractivity contribution is -0.135. The zero-order valence-corrected chi connectivity index (χ0v) is 15.2. The molecule has 2 amide bonds. The Bertz CT molecular complexity index is 730. The van der Waals surface area contributed by atoms with Gasteiger partial charge in [0.05, 0.1) is 13.2 Å².